The Morgan fingerprint density at radius 1 is 1.15 bits per heavy atom. The van der Waals surface area contributed by atoms with Crippen LogP contribution in [-0.2, 0) is 10.0 Å². The van der Waals surface area contributed by atoms with E-state index < -0.39 is 15.8 Å². The molecule has 1 saturated carbocycles. The largest absolute Gasteiger partial charge is 0.494 e. The predicted molar refractivity (Wildman–Crippen MR) is 98.9 cm³/mol. The van der Waals surface area contributed by atoms with Crippen molar-refractivity contribution in [1.29, 1.82) is 0 Å². The fourth-order valence-corrected chi connectivity index (χ4v) is 4.41. The standard InChI is InChI=1S/C19H23FN2O4S/c1-13-3-10-19(21-12-13)26-15-6-4-14(5-7-15)22-27(23,24)16-8-9-18(25-2)17(20)11-16/h3,8-12,14-15,22H,4-7H2,1-2H3. The van der Waals surface area contributed by atoms with Crippen molar-refractivity contribution in [2.45, 2.75) is 49.6 Å². The molecule has 3 rings (SSSR count). The maximum Gasteiger partial charge on any atom is 0.240 e. The quantitative estimate of drug-likeness (QED) is 0.814. The van der Waals surface area contributed by atoms with Gasteiger partial charge in [0.2, 0.25) is 15.9 Å². The lowest BCUT2D eigenvalue weighted by atomic mass is 9.94. The molecule has 1 aromatic carbocycles. The van der Waals surface area contributed by atoms with Gasteiger partial charge in [-0.2, -0.15) is 0 Å². The van der Waals surface area contributed by atoms with Crippen molar-refractivity contribution in [3.63, 3.8) is 0 Å². The molecule has 0 bridgehead atoms. The number of sulfonamides is 1. The normalized spacial score (nSPS) is 20.3. The van der Waals surface area contributed by atoms with Crippen LogP contribution in [0.15, 0.2) is 41.4 Å². The number of ether oxygens (including phenoxy) is 2. The number of methoxy groups -OCH3 is 1. The number of pyridine rings is 1. The minimum atomic E-state index is -3.79. The molecule has 146 valence electrons. The molecule has 0 atom stereocenters. The van der Waals surface area contributed by atoms with Crippen molar-refractivity contribution < 1.29 is 22.3 Å². The highest BCUT2D eigenvalue weighted by atomic mass is 32.2. The highest BCUT2D eigenvalue weighted by molar-refractivity contribution is 7.89. The molecule has 0 saturated heterocycles. The van der Waals surface area contributed by atoms with Crippen LogP contribution in [-0.4, -0.2) is 32.7 Å². The molecule has 0 unspecified atom stereocenters. The van der Waals surface area contributed by atoms with E-state index in [2.05, 4.69) is 9.71 Å². The first-order valence-electron chi connectivity index (χ1n) is 8.82. The van der Waals surface area contributed by atoms with Gasteiger partial charge in [-0.15, -0.1) is 0 Å². The third kappa shape index (κ3) is 4.95. The van der Waals surface area contributed by atoms with Crippen LogP contribution in [0.3, 0.4) is 0 Å². The average molecular weight is 394 g/mol. The Hall–Kier alpha value is -2.19. The summed E-state index contributed by atoms with van der Waals surface area (Å²) in [7, 11) is -2.46. The molecule has 1 heterocycles. The van der Waals surface area contributed by atoms with E-state index in [-0.39, 0.29) is 22.8 Å². The molecular formula is C19H23FN2O4S. The summed E-state index contributed by atoms with van der Waals surface area (Å²) < 4.78 is 52.1. The first-order chi connectivity index (χ1) is 12.9. The van der Waals surface area contributed by atoms with Gasteiger partial charge in [0.15, 0.2) is 11.6 Å². The second-order valence-corrected chi connectivity index (χ2v) is 8.40. The maximum atomic E-state index is 13.8. The zero-order valence-electron chi connectivity index (χ0n) is 15.3. The molecule has 0 spiro atoms. The van der Waals surface area contributed by atoms with Crippen LogP contribution in [0.1, 0.15) is 31.2 Å². The van der Waals surface area contributed by atoms with Gasteiger partial charge >= 0.3 is 0 Å². The lowest BCUT2D eigenvalue weighted by molar-refractivity contribution is 0.138. The highest BCUT2D eigenvalue weighted by Crippen LogP contribution is 2.25. The van der Waals surface area contributed by atoms with E-state index in [1.165, 1.54) is 19.2 Å². The number of rotatable bonds is 6. The van der Waals surface area contributed by atoms with Gasteiger partial charge in [0.25, 0.3) is 0 Å². The first-order valence-corrected chi connectivity index (χ1v) is 10.3. The number of benzene rings is 1. The molecule has 0 amide bonds. The molecule has 2 aromatic rings. The smallest absolute Gasteiger partial charge is 0.240 e. The van der Waals surface area contributed by atoms with E-state index in [9.17, 15) is 12.8 Å². The van der Waals surface area contributed by atoms with E-state index in [1.807, 2.05) is 19.1 Å². The SMILES string of the molecule is COc1ccc(S(=O)(=O)NC2CCC(Oc3ccc(C)cn3)CC2)cc1F. The van der Waals surface area contributed by atoms with Crippen LogP contribution in [0, 0.1) is 12.7 Å². The van der Waals surface area contributed by atoms with Crippen LogP contribution in [0.5, 0.6) is 11.6 Å². The van der Waals surface area contributed by atoms with Crippen LogP contribution in [0.25, 0.3) is 0 Å². The van der Waals surface area contributed by atoms with Crippen molar-refractivity contribution in [3.05, 3.63) is 47.9 Å². The molecule has 0 aliphatic heterocycles. The van der Waals surface area contributed by atoms with Gasteiger partial charge in [-0.25, -0.2) is 22.5 Å². The number of hydrogen-bond acceptors (Lipinski definition) is 5. The van der Waals surface area contributed by atoms with Gasteiger partial charge < -0.3 is 9.47 Å². The third-order valence-electron chi connectivity index (χ3n) is 4.60. The Bertz CT molecular complexity index is 879. The van der Waals surface area contributed by atoms with Gasteiger partial charge in [0.05, 0.1) is 12.0 Å². The van der Waals surface area contributed by atoms with E-state index in [1.54, 1.807) is 6.20 Å². The van der Waals surface area contributed by atoms with Crippen LogP contribution in [0.4, 0.5) is 4.39 Å². The second-order valence-electron chi connectivity index (χ2n) is 6.68. The Balaban J connectivity index is 1.56. The summed E-state index contributed by atoms with van der Waals surface area (Å²) in [5.41, 5.74) is 1.07. The van der Waals surface area contributed by atoms with Crippen LogP contribution >= 0.6 is 0 Å². The number of aromatic nitrogens is 1. The number of nitrogens with one attached hydrogen (secondary N) is 1. The van der Waals surface area contributed by atoms with Crippen molar-refractivity contribution in [2.24, 2.45) is 0 Å². The second kappa shape index (κ2) is 8.22. The predicted octanol–water partition coefficient (Wildman–Crippen LogP) is 3.21. The molecule has 1 fully saturated rings. The van der Waals surface area contributed by atoms with E-state index in [0.29, 0.717) is 18.7 Å². The summed E-state index contributed by atoms with van der Waals surface area (Å²) in [5.74, 6) is -0.113. The van der Waals surface area contributed by atoms with Crippen molar-refractivity contribution in [3.8, 4) is 11.6 Å². The van der Waals surface area contributed by atoms with E-state index in [4.69, 9.17) is 9.47 Å². The average Bonchev–Trinajstić information content (AvgIpc) is 2.65. The summed E-state index contributed by atoms with van der Waals surface area (Å²) in [4.78, 5) is 4.13. The lowest BCUT2D eigenvalue weighted by Crippen LogP contribution is -2.39. The Morgan fingerprint density at radius 2 is 1.89 bits per heavy atom. The van der Waals surface area contributed by atoms with Crippen molar-refractivity contribution >= 4 is 10.0 Å². The first kappa shape index (κ1) is 19.6. The molecule has 8 heteroatoms. The molecule has 1 aromatic heterocycles. The van der Waals surface area contributed by atoms with Gasteiger partial charge in [-0.3, -0.25) is 0 Å². The molecule has 1 N–H and O–H groups in total. The monoisotopic (exact) mass is 394 g/mol. The molecule has 1 aliphatic rings. The summed E-state index contributed by atoms with van der Waals surface area (Å²) >= 11 is 0. The van der Waals surface area contributed by atoms with Crippen LogP contribution < -0.4 is 14.2 Å². The van der Waals surface area contributed by atoms with Crippen LogP contribution in [0.2, 0.25) is 0 Å². The summed E-state index contributed by atoms with van der Waals surface area (Å²) in [6.07, 6.45) is 4.50. The zero-order chi connectivity index (χ0) is 19.4. The number of nitrogens with zero attached hydrogens (tertiary/aromatic N) is 1. The number of hydrogen-bond donors (Lipinski definition) is 1. The third-order valence-corrected chi connectivity index (χ3v) is 6.12. The van der Waals surface area contributed by atoms with Gasteiger partial charge in [-0.05, 0) is 56.4 Å². The summed E-state index contributed by atoms with van der Waals surface area (Å²) in [5, 5.41) is 0. The molecule has 1 aliphatic carbocycles. The maximum absolute atomic E-state index is 13.8. The molecule has 27 heavy (non-hydrogen) atoms. The Morgan fingerprint density at radius 3 is 2.48 bits per heavy atom. The van der Waals surface area contributed by atoms with Gasteiger partial charge in [0, 0.05) is 18.3 Å². The van der Waals surface area contributed by atoms with Gasteiger partial charge in [0.1, 0.15) is 6.10 Å². The molecular weight excluding hydrogens is 371 g/mol. The fourth-order valence-electron chi connectivity index (χ4n) is 3.09. The van der Waals surface area contributed by atoms with Crippen molar-refractivity contribution in [2.75, 3.05) is 7.11 Å². The number of halogens is 1. The minimum Gasteiger partial charge on any atom is -0.494 e. The summed E-state index contributed by atoms with van der Waals surface area (Å²) in [6.45, 7) is 1.96. The lowest BCUT2D eigenvalue weighted by Gasteiger charge is -2.29. The van der Waals surface area contributed by atoms with E-state index in [0.717, 1.165) is 24.5 Å². The molecule has 6 nitrogen and oxygen atoms in total. The van der Waals surface area contributed by atoms with Gasteiger partial charge in [-0.1, -0.05) is 6.07 Å². The number of aryl methyl sites for hydroxylation is 1. The Kier molecular flexibility index (Phi) is 5.96. The summed E-state index contributed by atoms with van der Waals surface area (Å²) in [6, 6.07) is 7.19. The minimum absolute atomic E-state index is 0.0105. The zero-order valence-corrected chi connectivity index (χ0v) is 16.1. The fraction of sp³-hybridized carbons (Fsp3) is 0.421. The Labute approximate surface area is 158 Å². The highest BCUT2D eigenvalue weighted by Gasteiger charge is 2.27. The molecule has 0 radical (unpaired) electrons. The van der Waals surface area contributed by atoms with E-state index >= 15 is 0 Å². The van der Waals surface area contributed by atoms with Crippen molar-refractivity contribution in [1.82, 2.24) is 9.71 Å². The topological polar surface area (TPSA) is 77.5 Å².